The summed E-state index contributed by atoms with van der Waals surface area (Å²) >= 11 is 1.47. The van der Waals surface area contributed by atoms with E-state index in [9.17, 15) is 27.9 Å². The number of rotatable bonds is 7. The molecule has 1 aromatic carbocycles. The summed E-state index contributed by atoms with van der Waals surface area (Å²) < 4.78 is 42.5. The van der Waals surface area contributed by atoms with Crippen molar-refractivity contribution in [1.82, 2.24) is 24.2 Å². The lowest BCUT2D eigenvalue weighted by atomic mass is 9.91. The first kappa shape index (κ1) is 26.7. The number of halogens is 3. The van der Waals surface area contributed by atoms with Gasteiger partial charge < -0.3 is 10.0 Å². The zero-order chi connectivity index (χ0) is 28.0. The molecule has 40 heavy (non-hydrogen) atoms. The first-order valence-electron chi connectivity index (χ1n) is 13.1. The van der Waals surface area contributed by atoms with E-state index in [2.05, 4.69) is 34.7 Å². The van der Waals surface area contributed by atoms with Gasteiger partial charge in [-0.05, 0) is 54.9 Å². The smallest absolute Gasteiger partial charge is 0.262 e. The Kier molecular flexibility index (Phi) is 6.99. The van der Waals surface area contributed by atoms with E-state index < -0.39 is 36.3 Å². The molecular formula is C28H27F3N5O3S. The zero-order valence-electron chi connectivity index (χ0n) is 21.5. The van der Waals surface area contributed by atoms with E-state index in [1.165, 1.54) is 38.3 Å². The maximum atomic E-state index is 13.6. The number of alkyl halides is 2. The summed E-state index contributed by atoms with van der Waals surface area (Å²) in [5, 5.41) is 16.9. The summed E-state index contributed by atoms with van der Waals surface area (Å²) in [4.78, 5) is 33.0. The van der Waals surface area contributed by atoms with Gasteiger partial charge in [-0.25, -0.2) is 13.8 Å². The van der Waals surface area contributed by atoms with Crippen LogP contribution in [0.25, 0.3) is 21.3 Å². The second kappa shape index (κ2) is 10.5. The third-order valence-corrected chi connectivity index (χ3v) is 8.90. The van der Waals surface area contributed by atoms with E-state index in [1.54, 1.807) is 5.38 Å². The molecule has 0 spiro atoms. The number of piperidine rings is 1. The molecule has 1 saturated heterocycles. The van der Waals surface area contributed by atoms with Crippen molar-refractivity contribution in [3.05, 3.63) is 76.0 Å². The Hall–Kier alpha value is -3.51. The molecule has 4 heterocycles. The highest BCUT2D eigenvalue weighted by molar-refractivity contribution is 7.15. The second-order valence-corrected chi connectivity index (χ2v) is 11.4. The van der Waals surface area contributed by atoms with Crippen LogP contribution in [0.15, 0.2) is 47.0 Å². The normalized spacial score (nSPS) is 17.5. The predicted molar refractivity (Wildman–Crippen MR) is 144 cm³/mol. The number of thiophene rings is 1. The lowest BCUT2D eigenvalue weighted by Crippen LogP contribution is -2.50. The number of hydrogen-bond donors (Lipinski definition) is 1. The van der Waals surface area contributed by atoms with E-state index in [0.717, 1.165) is 40.2 Å². The molecule has 6 rings (SSSR count). The number of likely N-dealkylation sites (tertiary alicyclic amines) is 1. The predicted octanol–water partition coefficient (Wildman–Crippen LogP) is 4.01. The fourth-order valence-electron chi connectivity index (χ4n) is 5.58. The molecule has 8 nitrogen and oxygen atoms in total. The third kappa shape index (κ3) is 5.05. The van der Waals surface area contributed by atoms with Crippen molar-refractivity contribution in [2.45, 2.75) is 56.7 Å². The number of nitrogens with zero attached hydrogens (tertiary/aromatic N) is 5. The third-order valence-electron chi connectivity index (χ3n) is 7.88. The molecule has 1 amide bonds. The summed E-state index contributed by atoms with van der Waals surface area (Å²) in [6.07, 6.45) is 3.57. The zero-order valence-corrected chi connectivity index (χ0v) is 22.3. The quantitative estimate of drug-likeness (QED) is 0.363. The van der Waals surface area contributed by atoms with Crippen molar-refractivity contribution in [3.8, 4) is 10.4 Å². The monoisotopic (exact) mass is 570 g/mol. The van der Waals surface area contributed by atoms with Crippen LogP contribution >= 0.6 is 11.3 Å². The Morgan fingerprint density at radius 3 is 2.65 bits per heavy atom. The number of aliphatic hydroxyl groups is 1. The maximum absolute atomic E-state index is 13.6. The Balaban J connectivity index is 1.13. The van der Waals surface area contributed by atoms with Gasteiger partial charge >= 0.3 is 0 Å². The molecule has 1 radical (unpaired) electrons. The fraction of sp³-hybridized carbons (Fsp3) is 0.393. The molecular weight excluding hydrogens is 543 g/mol. The molecule has 209 valence electrons. The average molecular weight is 571 g/mol. The molecule has 1 aliphatic carbocycles. The van der Waals surface area contributed by atoms with Crippen LogP contribution in [0.2, 0.25) is 0 Å². The molecule has 0 bridgehead atoms. The molecule has 0 saturated carbocycles. The van der Waals surface area contributed by atoms with Gasteiger partial charge in [-0.15, -0.1) is 16.4 Å². The first-order chi connectivity index (χ1) is 19.2. The fourth-order valence-corrected chi connectivity index (χ4v) is 6.56. The van der Waals surface area contributed by atoms with Crippen molar-refractivity contribution >= 4 is 28.1 Å². The maximum Gasteiger partial charge on any atom is 0.262 e. The molecule has 3 aromatic heterocycles. The molecule has 12 heteroatoms. The van der Waals surface area contributed by atoms with Gasteiger partial charge in [0, 0.05) is 30.7 Å². The first-order valence-corrected chi connectivity index (χ1v) is 14.0. The van der Waals surface area contributed by atoms with Gasteiger partial charge in [0.15, 0.2) is 0 Å². The van der Waals surface area contributed by atoms with Crippen molar-refractivity contribution in [2.75, 3.05) is 13.1 Å². The molecule has 1 fully saturated rings. The summed E-state index contributed by atoms with van der Waals surface area (Å²) in [6.45, 7) is 0.284. The molecule has 2 aliphatic rings. The van der Waals surface area contributed by atoms with E-state index in [-0.39, 0.29) is 38.0 Å². The van der Waals surface area contributed by atoms with Crippen LogP contribution in [-0.4, -0.2) is 60.4 Å². The highest BCUT2D eigenvalue weighted by atomic mass is 32.1. The minimum Gasteiger partial charge on any atom is -0.388 e. The number of carbonyl (C=O) groups is 1. The van der Waals surface area contributed by atoms with Gasteiger partial charge in [-0.3, -0.25) is 18.8 Å². The van der Waals surface area contributed by atoms with E-state index in [1.807, 2.05) is 0 Å². The van der Waals surface area contributed by atoms with Crippen molar-refractivity contribution < 1.29 is 23.1 Å². The van der Waals surface area contributed by atoms with Crippen LogP contribution in [0, 0.1) is 12.4 Å². The van der Waals surface area contributed by atoms with Gasteiger partial charge in [-0.2, -0.15) is 4.39 Å². The SMILES string of the molecule is O=C(CC(C(F)F)n1ccc(F)n1)N1CCC(O)(Cn2cnc3c(-c4ccc5c(c4)C[CH]C5)scc3c2=O)CC1. The van der Waals surface area contributed by atoms with Crippen LogP contribution in [0.5, 0.6) is 0 Å². The summed E-state index contributed by atoms with van der Waals surface area (Å²) in [5.41, 5.74) is 2.76. The Bertz CT molecular complexity index is 1620. The number of hydrogen-bond acceptors (Lipinski definition) is 6. The van der Waals surface area contributed by atoms with Gasteiger partial charge in [0.25, 0.3) is 12.0 Å². The lowest BCUT2D eigenvalue weighted by molar-refractivity contribution is -0.138. The standard InChI is InChI=1S/C28H27F3N5O3S/c29-22-6-9-36(33-22)21(26(30)31)13-23(37)34-10-7-28(39,8-11-34)15-35-16-32-24-20(27(35)38)14-40-25(24)19-5-4-17-2-1-3-18(17)12-19/h1,4-6,9,12,14,16,21,26,39H,2-3,7-8,10-11,13,15H2. The molecule has 1 aliphatic heterocycles. The van der Waals surface area contributed by atoms with Crippen LogP contribution in [-0.2, 0) is 24.2 Å². The van der Waals surface area contributed by atoms with Crippen molar-refractivity contribution in [3.63, 3.8) is 0 Å². The van der Waals surface area contributed by atoms with Gasteiger partial charge in [0.1, 0.15) is 6.04 Å². The van der Waals surface area contributed by atoms with E-state index in [0.29, 0.717) is 10.9 Å². The van der Waals surface area contributed by atoms with Gasteiger partial charge in [-0.1, -0.05) is 12.1 Å². The number of amides is 1. The summed E-state index contributed by atoms with van der Waals surface area (Å²) in [5.74, 6) is -1.43. The van der Waals surface area contributed by atoms with Crippen LogP contribution in [0.1, 0.15) is 36.4 Å². The Morgan fingerprint density at radius 1 is 1.15 bits per heavy atom. The average Bonchev–Trinajstić information content (AvgIpc) is 3.68. The number of carbonyl (C=O) groups excluding carboxylic acids is 1. The minimum absolute atomic E-state index is 0.00286. The highest BCUT2D eigenvalue weighted by Crippen LogP contribution is 2.35. The van der Waals surface area contributed by atoms with Crippen LogP contribution in [0.3, 0.4) is 0 Å². The van der Waals surface area contributed by atoms with Crippen LogP contribution in [0.4, 0.5) is 13.2 Å². The largest absolute Gasteiger partial charge is 0.388 e. The van der Waals surface area contributed by atoms with Gasteiger partial charge in [0.2, 0.25) is 11.9 Å². The highest BCUT2D eigenvalue weighted by Gasteiger charge is 2.36. The number of fused-ring (bicyclic) bond motifs is 2. The molecule has 4 aromatic rings. The lowest BCUT2D eigenvalue weighted by Gasteiger charge is -2.38. The second-order valence-electron chi connectivity index (χ2n) is 10.5. The molecule has 1 atom stereocenters. The van der Waals surface area contributed by atoms with Crippen molar-refractivity contribution in [1.29, 1.82) is 0 Å². The molecule has 1 N–H and O–H groups in total. The van der Waals surface area contributed by atoms with E-state index in [4.69, 9.17) is 0 Å². The minimum atomic E-state index is -2.90. The van der Waals surface area contributed by atoms with Crippen LogP contribution < -0.4 is 5.56 Å². The van der Waals surface area contributed by atoms with Crippen molar-refractivity contribution in [2.24, 2.45) is 0 Å². The van der Waals surface area contributed by atoms with E-state index >= 15 is 0 Å². The molecule has 1 unspecified atom stereocenters. The Labute approximate surface area is 231 Å². The summed E-state index contributed by atoms with van der Waals surface area (Å²) in [7, 11) is 0. The topological polar surface area (TPSA) is 93.2 Å². The van der Waals surface area contributed by atoms with Gasteiger partial charge in [0.05, 0.1) is 40.7 Å². The number of benzene rings is 1. The Morgan fingerprint density at radius 2 is 1.93 bits per heavy atom. The number of aromatic nitrogens is 4. The summed E-state index contributed by atoms with van der Waals surface area (Å²) in [6, 6.07) is 5.72.